The van der Waals surface area contributed by atoms with Crippen molar-refractivity contribution < 1.29 is 14.3 Å². The van der Waals surface area contributed by atoms with Gasteiger partial charge in [0, 0.05) is 48.5 Å². The van der Waals surface area contributed by atoms with Crippen molar-refractivity contribution in [3.63, 3.8) is 0 Å². The number of anilines is 1. The Balaban J connectivity index is 1.39. The van der Waals surface area contributed by atoms with Gasteiger partial charge in [-0.1, -0.05) is 29.8 Å². The van der Waals surface area contributed by atoms with Crippen LogP contribution in [0.1, 0.15) is 30.9 Å². The molecule has 9 nitrogen and oxygen atoms in total. The molecule has 0 saturated carbocycles. The number of carbonyl (C=O) groups is 2. The molecule has 0 aliphatic carbocycles. The van der Waals surface area contributed by atoms with Gasteiger partial charge in [0.25, 0.3) is 5.91 Å². The number of halogens is 1. The van der Waals surface area contributed by atoms with E-state index in [9.17, 15) is 9.59 Å². The Hall–Kier alpha value is -2.85. The molecule has 2 aliphatic rings. The molecule has 200 valence electrons. The Labute approximate surface area is 224 Å². The van der Waals surface area contributed by atoms with E-state index in [1.165, 1.54) is 19.3 Å². The highest BCUT2D eigenvalue weighted by Gasteiger charge is 2.30. The largest absolute Gasteiger partial charge is 0.496 e. The first kappa shape index (κ1) is 27.2. The summed E-state index contributed by atoms with van der Waals surface area (Å²) in [6.45, 7) is 5.56. The summed E-state index contributed by atoms with van der Waals surface area (Å²) in [4.78, 5) is 31.3. The molecular formula is C27H37ClN6O3. The Morgan fingerprint density at radius 3 is 2.43 bits per heavy atom. The third kappa shape index (κ3) is 7.58. The average molecular weight is 529 g/mol. The monoisotopic (exact) mass is 528 g/mol. The molecule has 2 heterocycles. The number of urea groups is 1. The van der Waals surface area contributed by atoms with Gasteiger partial charge in [0.2, 0.25) is 0 Å². The number of hydrazine groups is 1. The quantitative estimate of drug-likeness (QED) is 0.511. The third-order valence-corrected chi connectivity index (χ3v) is 7.36. The number of hydrogen-bond donors (Lipinski definition) is 3. The standard InChI is InChI=1S/C27H37ClN6O3/c1-32-14-5-6-22(13-15-32)33-16-18-34(19-17-33)31-26(35)25(23-7-3-4-8-24(23)37-2)30-27(36)29-21-11-9-20(28)10-12-21/h3-4,7-12,22,25H,5-6,13-19H2,1-2H3,(H,31,35)(H2,29,30,36). The number of carbonyl (C=O) groups excluding carboxylic acids is 2. The van der Waals surface area contributed by atoms with Gasteiger partial charge in [0.1, 0.15) is 11.8 Å². The topological polar surface area (TPSA) is 89.2 Å². The molecule has 4 rings (SSSR count). The fourth-order valence-corrected chi connectivity index (χ4v) is 5.15. The van der Waals surface area contributed by atoms with Crippen LogP contribution >= 0.6 is 11.6 Å². The molecule has 0 bridgehead atoms. The van der Waals surface area contributed by atoms with Crippen molar-refractivity contribution in [1.82, 2.24) is 25.6 Å². The van der Waals surface area contributed by atoms with E-state index < -0.39 is 12.1 Å². The maximum atomic E-state index is 13.5. The molecule has 2 aliphatic heterocycles. The fraction of sp³-hybridized carbons (Fsp3) is 0.481. The van der Waals surface area contributed by atoms with Crippen molar-refractivity contribution in [1.29, 1.82) is 0 Å². The number of ether oxygens (including phenoxy) is 1. The highest BCUT2D eigenvalue weighted by molar-refractivity contribution is 6.30. The van der Waals surface area contributed by atoms with Crippen molar-refractivity contribution in [2.45, 2.75) is 31.3 Å². The lowest BCUT2D eigenvalue weighted by Gasteiger charge is -2.39. The predicted molar refractivity (Wildman–Crippen MR) is 146 cm³/mol. The number of nitrogens with zero attached hydrogens (tertiary/aromatic N) is 3. The van der Waals surface area contributed by atoms with Crippen molar-refractivity contribution in [2.75, 3.05) is 58.7 Å². The van der Waals surface area contributed by atoms with Crippen LogP contribution in [0.15, 0.2) is 48.5 Å². The summed E-state index contributed by atoms with van der Waals surface area (Å²) in [6, 6.07) is 13.1. The SMILES string of the molecule is COc1ccccc1C(NC(=O)Nc1ccc(Cl)cc1)C(=O)NN1CCN(C2CCCN(C)CC2)CC1. The molecule has 10 heteroatoms. The summed E-state index contributed by atoms with van der Waals surface area (Å²) in [5.74, 6) is 0.206. The van der Waals surface area contributed by atoms with Crippen molar-refractivity contribution in [3.05, 3.63) is 59.1 Å². The smallest absolute Gasteiger partial charge is 0.320 e. The van der Waals surface area contributed by atoms with Gasteiger partial charge >= 0.3 is 6.03 Å². The van der Waals surface area contributed by atoms with Gasteiger partial charge in [-0.2, -0.15) is 0 Å². The number of piperazine rings is 1. The van der Waals surface area contributed by atoms with E-state index in [4.69, 9.17) is 16.3 Å². The van der Waals surface area contributed by atoms with Crippen LogP contribution in [-0.2, 0) is 4.79 Å². The lowest BCUT2D eigenvalue weighted by atomic mass is 10.0. The minimum Gasteiger partial charge on any atom is -0.496 e. The Morgan fingerprint density at radius 1 is 0.973 bits per heavy atom. The van der Waals surface area contributed by atoms with E-state index in [1.807, 2.05) is 17.1 Å². The van der Waals surface area contributed by atoms with Gasteiger partial charge in [-0.15, -0.1) is 0 Å². The average Bonchev–Trinajstić information content (AvgIpc) is 3.13. The zero-order valence-electron chi connectivity index (χ0n) is 21.6. The van der Waals surface area contributed by atoms with Crippen LogP contribution in [0.4, 0.5) is 10.5 Å². The van der Waals surface area contributed by atoms with Crippen LogP contribution in [0.25, 0.3) is 0 Å². The van der Waals surface area contributed by atoms with Crippen LogP contribution in [-0.4, -0.2) is 86.2 Å². The molecule has 0 aromatic heterocycles. The number of benzene rings is 2. The van der Waals surface area contributed by atoms with E-state index in [0.29, 0.717) is 28.1 Å². The minimum absolute atomic E-state index is 0.319. The summed E-state index contributed by atoms with van der Waals surface area (Å²) in [6.07, 6.45) is 3.63. The van der Waals surface area contributed by atoms with E-state index in [-0.39, 0.29) is 5.91 Å². The Morgan fingerprint density at radius 2 is 1.70 bits per heavy atom. The lowest BCUT2D eigenvalue weighted by Crippen LogP contribution is -2.57. The van der Waals surface area contributed by atoms with Gasteiger partial charge in [-0.05, 0) is 69.7 Å². The molecular weight excluding hydrogens is 492 g/mol. The molecule has 2 saturated heterocycles. The minimum atomic E-state index is -0.945. The summed E-state index contributed by atoms with van der Waals surface area (Å²) in [7, 11) is 3.74. The van der Waals surface area contributed by atoms with Crippen LogP contribution in [0, 0.1) is 0 Å². The van der Waals surface area contributed by atoms with E-state index >= 15 is 0 Å². The number of hydrogen-bond acceptors (Lipinski definition) is 6. The van der Waals surface area contributed by atoms with Crippen LogP contribution < -0.4 is 20.8 Å². The molecule has 2 unspecified atom stereocenters. The molecule has 2 aromatic rings. The second kappa shape index (κ2) is 13.1. The zero-order valence-corrected chi connectivity index (χ0v) is 22.3. The Kier molecular flexibility index (Phi) is 9.62. The summed E-state index contributed by atoms with van der Waals surface area (Å²) >= 11 is 5.94. The second-order valence-electron chi connectivity index (χ2n) is 9.67. The lowest BCUT2D eigenvalue weighted by molar-refractivity contribution is -0.129. The van der Waals surface area contributed by atoms with E-state index in [1.54, 1.807) is 43.5 Å². The molecule has 0 radical (unpaired) electrons. The molecule has 0 spiro atoms. The first-order valence-corrected chi connectivity index (χ1v) is 13.2. The van der Waals surface area contributed by atoms with Crippen molar-refractivity contribution in [3.8, 4) is 5.75 Å². The van der Waals surface area contributed by atoms with Gasteiger partial charge in [-0.25, -0.2) is 9.80 Å². The van der Waals surface area contributed by atoms with E-state index in [2.05, 4.69) is 32.9 Å². The summed E-state index contributed by atoms with van der Waals surface area (Å²) in [5, 5.41) is 8.10. The fourth-order valence-electron chi connectivity index (χ4n) is 5.03. The third-order valence-electron chi connectivity index (χ3n) is 7.11. The molecule has 3 amide bonds. The highest BCUT2D eigenvalue weighted by Crippen LogP contribution is 2.26. The predicted octanol–water partition coefficient (Wildman–Crippen LogP) is 3.34. The van der Waals surface area contributed by atoms with Crippen molar-refractivity contribution >= 4 is 29.2 Å². The Bertz CT molecular complexity index is 1040. The molecule has 2 aromatic carbocycles. The molecule has 37 heavy (non-hydrogen) atoms. The number of methoxy groups -OCH3 is 1. The summed E-state index contributed by atoms with van der Waals surface area (Å²) in [5.41, 5.74) is 4.18. The molecule has 3 N–H and O–H groups in total. The maximum absolute atomic E-state index is 13.5. The van der Waals surface area contributed by atoms with E-state index in [0.717, 1.165) is 39.3 Å². The maximum Gasteiger partial charge on any atom is 0.320 e. The van der Waals surface area contributed by atoms with Crippen LogP contribution in [0.5, 0.6) is 5.75 Å². The molecule has 2 fully saturated rings. The van der Waals surface area contributed by atoms with Crippen LogP contribution in [0.3, 0.4) is 0 Å². The number of rotatable bonds is 7. The van der Waals surface area contributed by atoms with Crippen LogP contribution in [0.2, 0.25) is 5.02 Å². The number of para-hydroxylation sites is 1. The van der Waals surface area contributed by atoms with Gasteiger partial charge in [-0.3, -0.25) is 15.1 Å². The number of amides is 3. The highest BCUT2D eigenvalue weighted by atomic mass is 35.5. The van der Waals surface area contributed by atoms with Gasteiger partial charge < -0.3 is 20.3 Å². The number of nitrogens with one attached hydrogen (secondary N) is 3. The summed E-state index contributed by atoms with van der Waals surface area (Å²) < 4.78 is 5.49. The normalized spacial score (nSPS) is 20.5. The van der Waals surface area contributed by atoms with Gasteiger partial charge in [0.05, 0.1) is 7.11 Å². The zero-order chi connectivity index (χ0) is 26.2. The van der Waals surface area contributed by atoms with Gasteiger partial charge in [0.15, 0.2) is 0 Å². The first-order valence-electron chi connectivity index (χ1n) is 12.9. The first-order chi connectivity index (χ1) is 17.9. The number of likely N-dealkylation sites (tertiary alicyclic amines) is 1. The second-order valence-corrected chi connectivity index (χ2v) is 10.1. The molecule has 2 atom stereocenters. The van der Waals surface area contributed by atoms with Crippen molar-refractivity contribution in [2.24, 2.45) is 0 Å².